The quantitative estimate of drug-likeness (QED) is 0.140. The Morgan fingerprint density at radius 3 is 1.59 bits per heavy atom. The number of likely N-dealkylation sites (N-methyl/N-ethyl adjacent to an activating group) is 3. The van der Waals surface area contributed by atoms with E-state index in [0.29, 0.717) is 0 Å². The maximum Gasteiger partial charge on any atom is 0.0901 e. The Hall–Kier alpha value is -3.51. The van der Waals surface area contributed by atoms with Crippen LogP contribution in [0.4, 0.5) is 0 Å². The van der Waals surface area contributed by atoms with E-state index in [1.807, 2.05) is 22.7 Å². The van der Waals surface area contributed by atoms with Crippen molar-refractivity contribution in [2.24, 2.45) is 5.92 Å². The van der Waals surface area contributed by atoms with E-state index in [0.717, 1.165) is 89.0 Å². The van der Waals surface area contributed by atoms with Crippen molar-refractivity contribution >= 4 is 22.7 Å². The summed E-state index contributed by atoms with van der Waals surface area (Å²) in [6, 6.07) is 19.2. The van der Waals surface area contributed by atoms with Crippen LogP contribution in [0.2, 0.25) is 0 Å². The summed E-state index contributed by atoms with van der Waals surface area (Å²) in [6.07, 6.45) is 15.6. The van der Waals surface area contributed by atoms with Gasteiger partial charge < -0.3 is 28.7 Å². The summed E-state index contributed by atoms with van der Waals surface area (Å²) in [7, 11) is 17.4. The molecule has 546 valence electrons. The lowest BCUT2D eigenvalue weighted by atomic mass is 10.0. The number of rotatable bonds is 0. The second-order valence-electron chi connectivity index (χ2n) is 27.6. The maximum absolute atomic E-state index is 4.42. The van der Waals surface area contributed by atoms with E-state index in [4.69, 9.17) is 0 Å². The Labute approximate surface area is 593 Å². The second kappa shape index (κ2) is 46.0. The second-order valence-corrected chi connectivity index (χ2v) is 30.2. The van der Waals surface area contributed by atoms with Crippen molar-refractivity contribution in [1.29, 1.82) is 0 Å². The molecule has 0 spiro atoms. The molecule has 0 saturated carbocycles. The van der Waals surface area contributed by atoms with Crippen molar-refractivity contribution in [2.45, 2.75) is 271 Å². The van der Waals surface area contributed by atoms with Crippen LogP contribution in [0.25, 0.3) is 0 Å². The minimum atomic E-state index is 0. The van der Waals surface area contributed by atoms with Crippen LogP contribution >= 0.6 is 22.7 Å². The molecular weight excluding hydrogens is 1190 g/mol. The van der Waals surface area contributed by atoms with E-state index in [-0.39, 0.29) is 66.8 Å². The Morgan fingerprint density at radius 1 is 0.457 bits per heavy atom. The summed E-state index contributed by atoms with van der Waals surface area (Å²) in [6.45, 7) is 42.3. The molecule has 0 amide bonds. The van der Waals surface area contributed by atoms with E-state index in [2.05, 4.69) is 239 Å². The van der Waals surface area contributed by atoms with Gasteiger partial charge in [-0.15, -0.1) is 22.7 Å². The summed E-state index contributed by atoms with van der Waals surface area (Å²) >= 11 is 3.78. The molecule has 0 aliphatic carbocycles. The molecule has 4 unspecified atom stereocenters. The minimum Gasteiger partial charge on any atom is -0.349 e. The molecule has 5 aromatic rings. The van der Waals surface area contributed by atoms with Crippen LogP contribution < -0.4 is 0 Å². The third kappa shape index (κ3) is 29.5. The monoisotopic (exact) mass is 1350 g/mol. The molecule has 0 radical (unpaired) electrons. The van der Waals surface area contributed by atoms with Gasteiger partial charge in [-0.25, -0.2) is 4.98 Å². The van der Waals surface area contributed by atoms with Crippen LogP contribution in [0.3, 0.4) is 0 Å². The maximum atomic E-state index is 4.42. The Morgan fingerprint density at radius 2 is 1.03 bits per heavy atom. The van der Waals surface area contributed by atoms with Crippen LogP contribution in [-0.4, -0.2) is 191 Å². The van der Waals surface area contributed by atoms with Crippen LogP contribution in [0, 0.1) is 40.5 Å². The lowest BCUT2D eigenvalue weighted by molar-refractivity contribution is 0.149. The van der Waals surface area contributed by atoms with E-state index in [1.54, 1.807) is 16.0 Å². The summed E-state index contributed by atoms with van der Waals surface area (Å²) in [5.74, 6) is 0.968. The summed E-state index contributed by atoms with van der Waals surface area (Å²) < 4.78 is 4.76. The molecule has 0 bridgehead atoms. The van der Waals surface area contributed by atoms with Gasteiger partial charge in [-0.05, 0) is 236 Å². The normalized spacial score (nSPS) is 21.7. The smallest absolute Gasteiger partial charge is 0.0901 e. The summed E-state index contributed by atoms with van der Waals surface area (Å²) in [4.78, 5) is 30.4. The highest BCUT2D eigenvalue weighted by Crippen LogP contribution is 2.32. The molecular formula is C80H154N12S2. The van der Waals surface area contributed by atoms with E-state index in [9.17, 15) is 0 Å². The van der Waals surface area contributed by atoms with Gasteiger partial charge in [0, 0.05) is 160 Å². The molecule has 1 aromatic carbocycles. The predicted octanol–water partition coefficient (Wildman–Crippen LogP) is 18.5. The van der Waals surface area contributed by atoms with E-state index < -0.39 is 0 Å². The third-order valence-corrected chi connectivity index (χ3v) is 21.1. The average molecular weight is 1350 g/mol. The summed E-state index contributed by atoms with van der Waals surface area (Å²) in [5.41, 5.74) is 14.6. The molecule has 0 N–H and O–H groups in total. The number of hydrogen-bond acceptors (Lipinski definition) is 12. The number of benzene rings is 1. The molecule has 15 rings (SSSR count). The fourth-order valence-electron chi connectivity index (χ4n) is 13.6. The highest BCUT2D eigenvalue weighted by atomic mass is 32.1. The van der Waals surface area contributed by atoms with Crippen molar-refractivity contribution in [3.05, 3.63) is 131 Å². The fraction of sp³-hybridized carbons (Fsp3) is 0.713. The zero-order valence-corrected chi connectivity index (χ0v) is 58.6. The Balaban J connectivity index is -0.000000985. The van der Waals surface area contributed by atoms with Gasteiger partial charge in [-0.1, -0.05) is 109 Å². The van der Waals surface area contributed by atoms with Gasteiger partial charge in [0.25, 0.3) is 0 Å². The lowest BCUT2D eigenvalue weighted by Gasteiger charge is -2.33. The third-order valence-electron chi connectivity index (χ3n) is 19.0. The zero-order valence-electron chi connectivity index (χ0n) is 56.9. The number of thiophene rings is 1. The highest BCUT2D eigenvalue weighted by Gasteiger charge is 2.31. The molecule has 4 aromatic heterocycles. The number of aryl methyl sites for hydroxylation is 5. The Kier molecular flexibility index (Phi) is 46.3. The molecule has 4 saturated heterocycles. The van der Waals surface area contributed by atoms with Gasteiger partial charge in [0.1, 0.15) is 0 Å². The molecule has 14 heteroatoms. The summed E-state index contributed by atoms with van der Waals surface area (Å²) in [5, 5.41) is 1.21. The zero-order chi connectivity index (χ0) is 61.5. The predicted molar refractivity (Wildman–Crippen MR) is 426 cm³/mol. The molecule has 10 aliphatic heterocycles. The van der Waals surface area contributed by atoms with Gasteiger partial charge >= 0.3 is 0 Å². The van der Waals surface area contributed by atoms with Gasteiger partial charge in [0.15, 0.2) is 0 Å². The molecule has 14 heterocycles. The first-order valence-electron chi connectivity index (χ1n) is 32.8. The fourth-order valence-corrected chi connectivity index (χ4v) is 15.8. The number of hydrogen-bond donors (Lipinski definition) is 0. The van der Waals surface area contributed by atoms with Gasteiger partial charge in [0.05, 0.1) is 10.7 Å². The van der Waals surface area contributed by atoms with E-state index >= 15 is 0 Å². The molecule has 12 nitrogen and oxygen atoms in total. The molecule has 4 atom stereocenters. The lowest BCUT2D eigenvalue weighted by Crippen LogP contribution is -2.41. The first-order valence-corrected chi connectivity index (χ1v) is 34.5. The van der Waals surface area contributed by atoms with Crippen molar-refractivity contribution in [3.8, 4) is 0 Å². The molecule has 4 fully saturated rings. The first kappa shape index (κ1) is 94.7. The van der Waals surface area contributed by atoms with Crippen LogP contribution in [-0.2, 0) is 65.3 Å². The van der Waals surface area contributed by atoms with Crippen molar-refractivity contribution in [2.75, 3.05) is 109 Å². The number of nitrogens with zero attached hydrogens (tertiary/aromatic N) is 12. The number of fused-ring (bicyclic) bond motifs is 6. The molecule has 10 aliphatic rings. The van der Waals surface area contributed by atoms with Crippen molar-refractivity contribution < 1.29 is 0 Å². The SMILES string of the molecule is C.C.C.C.C.C.C.C.C.CC1=CCN2C(C)CCC2C1.CC1CCCN1C.CC1CCCN1C.CC1CN(C)C1.Cc1cc2c(s1)CN(C)CC2.Cc1cc2n(c1)CCN(C)C2.Cc1ccc2c(c1)CN(C)C2.Cc1ccc2n1CCN(C)C2.Cc1nc2c(s1)CN(C)C2. The average Bonchev–Trinajstić information content (AvgIpc) is 1.72. The highest BCUT2D eigenvalue weighted by molar-refractivity contribution is 7.12. The van der Waals surface area contributed by atoms with Gasteiger partial charge in [-0.2, -0.15) is 0 Å². The number of likely N-dealkylation sites (tertiary alicyclic amines) is 3. The number of aromatic nitrogens is 3. The van der Waals surface area contributed by atoms with Crippen molar-refractivity contribution in [1.82, 2.24) is 58.2 Å². The molecule has 94 heavy (non-hydrogen) atoms. The number of thiazole rings is 1. The van der Waals surface area contributed by atoms with Crippen LogP contribution in [0.5, 0.6) is 0 Å². The van der Waals surface area contributed by atoms with Gasteiger partial charge in [0.2, 0.25) is 0 Å². The van der Waals surface area contributed by atoms with Crippen LogP contribution in [0.1, 0.15) is 217 Å². The topological polar surface area (TPSA) is 51.9 Å². The first-order chi connectivity index (χ1) is 40.5. The minimum absolute atomic E-state index is 0. The van der Waals surface area contributed by atoms with Gasteiger partial charge in [-0.3, -0.25) is 24.5 Å². The van der Waals surface area contributed by atoms with E-state index in [1.165, 1.54) is 164 Å². The standard InChI is InChI=1S/C10H13N.C10H17N.2C9H14N2.C9H13NS.C7H10N2S.2C6H13N.C5H11N.9CH4/c1-8-3-4-9-6-11(2)7-10(9)5-8;1-8-5-6-11-9(2)3-4-10(11)7-8;1-8-5-9-7-10(2)3-4-11(9)6-8;1-8-3-4-9-7-10(2)5-6-11(8)9;1-7-5-8-3-4-10(2)6-9(8)11-7;1-5-8-6-3-9(2)4-7(6)10-5;2*1-6-4-3-5-7(6)2;1-5-3-6(2)4-5;;;;;;;;;/h3-5H,6-7H2,1-2H3;5,9-10H,3-4,6-7H2,1-2H3;5-6H,3-4,7H2,1-2H3;3-4H,5-7H2,1-2H3;5H,3-4,6H2,1-2H3;3-4H2,1-2H3;2*6H,3-5H2,1-2H3;5H,3-4H2,1-2H3;9*1H4. The Bertz CT molecular complexity index is 2690. The van der Waals surface area contributed by atoms with Crippen molar-refractivity contribution in [3.63, 3.8) is 0 Å². The van der Waals surface area contributed by atoms with Crippen LogP contribution in [0.15, 0.2) is 60.3 Å². The largest absolute Gasteiger partial charge is 0.349 e.